The fourth-order valence-electron chi connectivity index (χ4n) is 9.64. The van der Waals surface area contributed by atoms with Crippen molar-refractivity contribution in [2.24, 2.45) is 0 Å². The lowest BCUT2D eigenvalue weighted by molar-refractivity contribution is 0.483. The van der Waals surface area contributed by atoms with Crippen LogP contribution in [0.2, 0.25) is 0 Å². The number of unbranched alkanes of at least 4 members (excludes halogenated alkanes) is 1. The van der Waals surface area contributed by atoms with Gasteiger partial charge < -0.3 is 14.1 Å². The van der Waals surface area contributed by atoms with Crippen molar-refractivity contribution in [2.45, 2.75) is 52.4 Å². The molecule has 0 saturated heterocycles. The Hall–Kier alpha value is -6.78. The topological polar surface area (TPSA) is 25.6 Å². The average molecular weight is 776 g/mol. The van der Waals surface area contributed by atoms with E-state index in [4.69, 9.17) is 9.15 Å². The largest absolute Gasteiger partial charge is 0.458 e. The zero-order valence-corrected chi connectivity index (χ0v) is 34.6. The quantitative estimate of drug-likeness (QED) is 0.151. The van der Waals surface area contributed by atoms with Crippen LogP contribution in [0.3, 0.4) is 0 Å². The normalized spacial score (nSPS) is 12.9. The van der Waals surface area contributed by atoms with Crippen LogP contribution in [0.25, 0.3) is 55.3 Å². The van der Waals surface area contributed by atoms with Gasteiger partial charge in [-0.2, -0.15) is 0 Å². The van der Waals surface area contributed by atoms with Crippen LogP contribution < -0.4 is 26.0 Å². The van der Waals surface area contributed by atoms with Gasteiger partial charge in [-0.3, -0.25) is 0 Å². The van der Waals surface area contributed by atoms with Crippen molar-refractivity contribution < 1.29 is 9.15 Å². The Labute approximate surface area is 353 Å². The smallest absolute Gasteiger partial charge is 0.256 e. The van der Waals surface area contributed by atoms with Gasteiger partial charge in [-0.25, -0.2) is 0 Å². The number of nitrogens with zero attached hydrogens (tertiary/aromatic N) is 1. The van der Waals surface area contributed by atoms with E-state index in [9.17, 15) is 0 Å². The summed E-state index contributed by atoms with van der Waals surface area (Å²) in [5, 5.41) is 2.30. The zero-order valence-electron chi connectivity index (χ0n) is 34.6. The maximum atomic E-state index is 7.14. The van der Waals surface area contributed by atoms with Gasteiger partial charge in [0.15, 0.2) is 0 Å². The lowest BCUT2D eigenvalue weighted by Gasteiger charge is -2.42. The van der Waals surface area contributed by atoms with E-state index in [1.54, 1.807) is 0 Å². The molecule has 0 aliphatic carbocycles. The van der Waals surface area contributed by atoms with Crippen LogP contribution in [0.1, 0.15) is 51.7 Å². The van der Waals surface area contributed by atoms with E-state index in [0.29, 0.717) is 0 Å². The predicted molar refractivity (Wildman–Crippen MR) is 253 cm³/mol. The number of ether oxygens (including phenoxy) is 1. The third-order valence-electron chi connectivity index (χ3n) is 12.7. The first-order valence-electron chi connectivity index (χ1n) is 21.4. The van der Waals surface area contributed by atoms with Crippen LogP contribution in [-0.4, -0.2) is 6.71 Å². The Morgan fingerprint density at radius 3 is 1.87 bits per heavy atom. The van der Waals surface area contributed by atoms with Gasteiger partial charge in [-0.15, -0.1) is 0 Å². The van der Waals surface area contributed by atoms with Gasteiger partial charge in [0.2, 0.25) is 0 Å². The Balaban J connectivity index is 1.28. The Morgan fingerprint density at radius 2 is 1.18 bits per heavy atom. The number of aryl methyl sites for hydroxylation is 1. The molecule has 1 aromatic heterocycles. The van der Waals surface area contributed by atoms with E-state index in [1.165, 1.54) is 72.3 Å². The van der Waals surface area contributed by atoms with E-state index < -0.39 is 0 Å². The van der Waals surface area contributed by atoms with Crippen LogP contribution in [0.5, 0.6) is 11.5 Å². The van der Waals surface area contributed by atoms with Crippen LogP contribution in [-0.2, 0) is 11.8 Å². The van der Waals surface area contributed by atoms with Crippen LogP contribution in [0.4, 0.5) is 17.1 Å². The summed E-state index contributed by atoms with van der Waals surface area (Å²) in [7, 11) is 0. The second-order valence-electron chi connectivity index (χ2n) is 17.5. The summed E-state index contributed by atoms with van der Waals surface area (Å²) in [6.07, 6.45) is 2.98. The first kappa shape index (κ1) is 36.3. The van der Waals surface area contributed by atoms with Gasteiger partial charge in [-0.05, 0) is 104 Å². The third-order valence-corrected chi connectivity index (χ3v) is 12.7. The molecule has 11 rings (SSSR count). The summed E-state index contributed by atoms with van der Waals surface area (Å²) in [4.78, 5) is 2.59. The minimum Gasteiger partial charge on any atom is -0.458 e. The van der Waals surface area contributed by atoms with Crippen molar-refractivity contribution in [2.75, 3.05) is 4.90 Å². The van der Waals surface area contributed by atoms with E-state index in [1.807, 2.05) is 0 Å². The number of rotatable bonds is 7. The fraction of sp³-hybridized carbons (Fsp3) is 0.143. The zero-order chi connectivity index (χ0) is 40.5. The van der Waals surface area contributed by atoms with E-state index in [-0.39, 0.29) is 12.1 Å². The monoisotopic (exact) mass is 775 g/mol. The number of para-hydroxylation sites is 1. The van der Waals surface area contributed by atoms with Crippen LogP contribution >= 0.6 is 0 Å². The summed E-state index contributed by atoms with van der Waals surface area (Å²) in [6, 6.07) is 62.0. The highest BCUT2D eigenvalue weighted by Crippen LogP contribution is 2.51. The fourth-order valence-corrected chi connectivity index (χ4v) is 9.64. The molecule has 3 nitrogen and oxygen atoms in total. The second-order valence-corrected chi connectivity index (χ2v) is 17.5. The summed E-state index contributed by atoms with van der Waals surface area (Å²) in [5.74, 6) is 1.83. The van der Waals surface area contributed by atoms with Crippen molar-refractivity contribution in [3.8, 4) is 44.9 Å². The molecule has 0 N–H and O–H groups in total. The Bertz CT molecular complexity index is 3090. The van der Waals surface area contributed by atoms with Gasteiger partial charge in [0.1, 0.15) is 22.7 Å². The van der Waals surface area contributed by atoms with Gasteiger partial charge in [0.05, 0.1) is 5.69 Å². The number of benzene rings is 8. The molecule has 0 bridgehead atoms. The van der Waals surface area contributed by atoms with Crippen LogP contribution in [0, 0.1) is 0 Å². The van der Waals surface area contributed by atoms with E-state index >= 15 is 0 Å². The molecule has 290 valence electrons. The lowest BCUT2D eigenvalue weighted by Crippen LogP contribution is -2.59. The van der Waals surface area contributed by atoms with Crippen LogP contribution in [0.15, 0.2) is 174 Å². The molecular formula is C56H46BNO2. The Kier molecular flexibility index (Phi) is 8.60. The minimum atomic E-state index is -0.138. The maximum Gasteiger partial charge on any atom is 0.256 e. The molecule has 0 amide bonds. The van der Waals surface area contributed by atoms with Crippen molar-refractivity contribution in [3.05, 3.63) is 181 Å². The molecule has 0 fully saturated rings. The Morgan fingerprint density at radius 1 is 0.550 bits per heavy atom. The summed E-state index contributed by atoms with van der Waals surface area (Å²) in [6.45, 7) is 9.12. The van der Waals surface area contributed by atoms with Gasteiger partial charge in [0.25, 0.3) is 6.71 Å². The first-order chi connectivity index (χ1) is 29.4. The van der Waals surface area contributed by atoms with Crippen molar-refractivity contribution in [1.82, 2.24) is 0 Å². The van der Waals surface area contributed by atoms with Gasteiger partial charge in [-0.1, -0.05) is 168 Å². The molecule has 0 radical (unpaired) electrons. The number of fused-ring (bicyclic) bond motifs is 7. The number of furan rings is 1. The number of anilines is 3. The van der Waals surface area contributed by atoms with Crippen molar-refractivity contribution in [1.29, 1.82) is 0 Å². The van der Waals surface area contributed by atoms with Crippen molar-refractivity contribution in [3.63, 3.8) is 0 Å². The molecule has 2 aliphatic heterocycles. The number of hydrogen-bond acceptors (Lipinski definition) is 3. The predicted octanol–water partition coefficient (Wildman–Crippen LogP) is 13.6. The molecule has 0 saturated carbocycles. The molecule has 60 heavy (non-hydrogen) atoms. The molecule has 0 spiro atoms. The van der Waals surface area contributed by atoms with Gasteiger partial charge >= 0.3 is 0 Å². The molecule has 0 atom stereocenters. The van der Waals surface area contributed by atoms with E-state index in [0.717, 1.165) is 58.4 Å². The molecule has 2 aliphatic rings. The molecule has 3 heterocycles. The number of hydrogen-bond donors (Lipinski definition) is 0. The average Bonchev–Trinajstić information content (AvgIpc) is 3.66. The molecule has 8 aromatic carbocycles. The first-order valence-corrected chi connectivity index (χ1v) is 21.4. The summed E-state index contributed by atoms with van der Waals surface area (Å²) >= 11 is 0. The molecule has 9 aromatic rings. The minimum absolute atomic E-state index is 0.0689. The molecular weight excluding hydrogens is 729 g/mol. The van der Waals surface area contributed by atoms with Gasteiger partial charge in [0, 0.05) is 33.3 Å². The maximum absolute atomic E-state index is 7.14. The molecule has 0 unspecified atom stereocenters. The standard InChI is InChI=1S/C56H46BNO2/c1-5-6-24-43-54(44(38-22-14-9-15-23-38)35-45-42-25-16-17-26-50(42)60-55(43)45)58-48-29-27-39(36-18-10-7-11-19-36)31-46(48)57-47-32-40(37-20-12-8-13-21-37)28-30-51(47)59-52-34-41(56(2,3)4)33-49(58)53(52)57/h7-23,25-35H,5-6,24H2,1-4H3. The SMILES string of the molecule is CCCCc1c(N2c3ccc(-c4ccccc4)cc3B3c4cc(-c5ccccc5)ccc4Oc4cc(C(C)(C)C)cc2c43)c(-c2ccccc2)cc2c1oc1ccccc12. The summed E-state index contributed by atoms with van der Waals surface area (Å²) < 4.78 is 14.1. The lowest BCUT2D eigenvalue weighted by atomic mass is 9.34. The highest BCUT2D eigenvalue weighted by Gasteiger charge is 2.44. The van der Waals surface area contributed by atoms with E-state index in [2.05, 4.69) is 202 Å². The highest BCUT2D eigenvalue weighted by molar-refractivity contribution is 6.99. The van der Waals surface area contributed by atoms with Crippen molar-refractivity contribution >= 4 is 62.1 Å². The third kappa shape index (κ3) is 5.88. The second kappa shape index (κ2) is 14.2. The molecule has 4 heteroatoms. The highest BCUT2D eigenvalue weighted by atomic mass is 16.5. The summed E-state index contributed by atoms with van der Waals surface area (Å²) in [5.41, 5.74) is 18.5.